The molecule has 0 aromatic rings. The molecule has 0 aromatic heterocycles. The second-order valence-electron chi connectivity index (χ2n) is 4.22. The van der Waals surface area contributed by atoms with Crippen molar-refractivity contribution < 1.29 is 0 Å². The van der Waals surface area contributed by atoms with Crippen LogP contribution in [0.1, 0.15) is 19.8 Å². The van der Waals surface area contributed by atoms with Crippen LogP contribution in [0.4, 0.5) is 0 Å². The highest BCUT2D eigenvalue weighted by atomic mass is 32.2. The van der Waals surface area contributed by atoms with E-state index in [9.17, 15) is 0 Å². The Labute approximate surface area is 86.5 Å². The largest absolute Gasteiger partial charge is 0.310 e. The van der Waals surface area contributed by atoms with E-state index in [1.54, 1.807) is 0 Å². The van der Waals surface area contributed by atoms with Crippen LogP contribution in [0.2, 0.25) is 0 Å². The fraction of sp³-hybridized carbons (Fsp3) is 1.00. The van der Waals surface area contributed by atoms with Gasteiger partial charge in [-0.05, 0) is 45.4 Å². The Morgan fingerprint density at radius 1 is 1.38 bits per heavy atom. The lowest BCUT2D eigenvalue weighted by Gasteiger charge is -2.27. The minimum atomic E-state index is 0.628. The zero-order valence-corrected chi connectivity index (χ0v) is 9.86. The molecule has 3 heteroatoms. The third-order valence-electron chi connectivity index (χ3n) is 2.38. The van der Waals surface area contributed by atoms with Crippen LogP contribution in [0.5, 0.6) is 0 Å². The van der Waals surface area contributed by atoms with E-state index >= 15 is 0 Å². The summed E-state index contributed by atoms with van der Waals surface area (Å²) in [7, 11) is 4.27. The second-order valence-corrected chi connectivity index (χ2v) is 5.44. The van der Waals surface area contributed by atoms with Gasteiger partial charge in [-0.3, -0.25) is 0 Å². The minimum Gasteiger partial charge on any atom is -0.310 e. The van der Waals surface area contributed by atoms with Crippen LogP contribution in [0.3, 0.4) is 0 Å². The van der Waals surface area contributed by atoms with Crippen LogP contribution in [-0.4, -0.2) is 49.1 Å². The molecule has 1 unspecified atom stereocenters. The molecular weight excluding hydrogens is 180 g/mol. The Bertz CT molecular complexity index is 133. The van der Waals surface area contributed by atoms with Crippen molar-refractivity contribution in [1.29, 1.82) is 0 Å². The Balaban J connectivity index is 2.14. The van der Waals surface area contributed by atoms with Crippen LogP contribution in [0.25, 0.3) is 0 Å². The van der Waals surface area contributed by atoms with Gasteiger partial charge < -0.3 is 10.2 Å². The third-order valence-corrected chi connectivity index (χ3v) is 3.43. The molecule has 0 aromatic carbocycles. The van der Waals surface area contributed by atoms with Crippen molar-refractivity contribution >= 4 is 11.8 Å². The first-order valence-electron chi connectivity index (χ1n) is 5.17. The lowest BCUT2D eigenvalue weighted by molar-refractivity contribution is 0.321. The molecule has 1 atom stereocenters. The molecule has 0 spiro atoms. The summed E-state index contributed by atoms with van der Waals surface area (Å²) < 4.78 is 0. The zero-order valence-electron chi connectivity index (χ0n) is 9.05. The smallest absolute Gasteiger partial charge is 0.0169 e. The zero-order chi connectivity index (χ0) is 9.68. The van der Waals surface area contributed by atoms with Gasteiger partial charge in [0.1, 0.15) is 0 Å². The summed E-state index contributed by atoms with van der Waals surface area (Å²) in [5, 5.41) is 3.70. The van der Waals surface area contributed by atoms with Gasteiger partial charge in [-0.2, -0.15) is 11.8 Å². The molecule has 1 rings (SSSR count). The molecule has 0 bridgehead atoms. The van der Waals surface area contributed by atoms with Gasteiger partial charge in [0.15, 0.2) is 0 Å². The summed E-state index contributed by atoms with van der Waals surface area (Å²) in [5.74, 6) is 2.68. The molecular formula is C10H22N2S. The summed E-state index contributed by atoms with van der Waals surface area (Å²) in [6, 6.07) is 1.40. The van der Waals surface area contributed by atoms with Gasteiger partial charge in [-0.1, -0.05) is 0 Å². The average Bonchev–Trinajstić information content (AvgIpc) is 2.04. The summed E-state index contributed by atoms with van der Waals surface area (Å²) in [4.78, 5) is 2.25. The maximum Gasteiger partial charge on any atom is 0.0169 e. The number of nitrogens with one attached hydrogen (secondary N) is 1. The number of hydrogen-bond donors (Lipinski definition) is 1. The molecule has 1 saturated heterocycles. The SMILES string of the molecule is CC(CN(C)C)NC1CCSCC1. The average molecular weight is 202 g/mol. The van der Waals surface area contributed by atoms with Gasteiger partial charge in [0.25, 0.3) is 0 Å². The van der Waals surface area contributed by atoms with Crippen LogP contribution in [0, 0.1) is 0 Å². The molecule has 1 aliphatic heterocycles. The normalized spacial score (nSPS) is 22.2. The lowest BCUT2D eigenvalue weighted by Crippen LogP contribution is -2.43. The molecule has 0 aliphatic carbocycles. The van der Waals surface area contributed by atoms with E-state index in [1.165, 1.54) is 24.3 Å². The predicted octanol–water partition coefficient (Wildman–Crippen LogP) is 1.42. The maximum absolute atomic E-state index is 3.70. The quantitative estimate of drug-likeness (QED) is 0.742. The van der Waals surface area contributed by atoms with Gasteiger partial charge in [0.05, 0.1) is 0 Å². The molecule has 0 radical (unpaired) electrons. The van der Waals surface area contributed by atoms with E-state index in [1.807, 2.05) is 0 Å². The van der Waals surface area contributed by atoms with Crippen molar-refractivity contribution in [3.63, 3.8) is 0 Å². The second kappa shape index (κ2) is 5.89. The van der Waals surface area contributed by atoms with Crippen molar-refractivity contribution in [2.45, 2.75) is 31.8 Å². The molecule has 78 valence electrons. The van der Waals surface area contributed by atoms with Gasteiger partial charge in [-0.25, -0.2) is 0 Å². The van der Waals surface area contributed by atoms with Gasteiger partial charge in [0, 0.05) is 18.6 Å². The molecule has 13 heavy (non-hydrogen) atoms. The Kier molecular flexibility index (Phi) is 5.14. The molecule has 1 aliphatic rings. The minimum absolute atomic E-state index is 0.628. The van der Waals surface area contributed by atoms with Crippen molar-refractivity contribution in [1.82, 2.24) is 10.2 Å². The van der Waals surface area contributed by atoms with Crippen molar-refractivity contribution in [3.05, 3.63) is 0 Å². The van der Waals surface area contributed by atoms with Gasteiger partial charge >= 0.3 is 0 Å². The number of thioether (sulfide) groups is 1. The third kappa shape index (κ3) is 4.89. The van der Waals surface area contributed by atoms with Crippen LogP contribution >= 0.6 is 11.8 Å². The van der Waals surface area contributed by atoms with E-state index in [0.29, 0.717) is 6.04 Å². The van der Waals surface area contributed by atoms with Crippen molar-refractivity contribution in [2.24, 2.45) is 0 Å². The first kappa shape index (κ1) is 11.3. The molecule has 2 nitrogen and oxygen atoms in total. The van der Waals surface area contributed by atoms with Gasteiger partial charge in [0.2, 0.25) is 0 Å². The summed E-state index contributed by atoms with van der Waals surface area (Å²) >= 11 is 2.09. The van der Waals surface area contributed by atoms with E-state index in [2.05, 4.69) is 43.0 Å². The fourth-order valence-electron chi connectivity index (χ4n) is 1.87. The highest BCUT2D eigenvalue weighted by Crippen LogP contribution is 2.17. The van der Waals surface area contributed by atoms with Crippen molar-refractivity contribution in [2.75, 3.05) is 32.1 Å². The maximum atomic E-state index is 3.70. The molecule has 0 saturated carbocycles. The lowest BCUT2D eigenvalue weighted by atomic mass is 10.1. The summed E-state index contributed by atoms with van der Waals surface area (Å²) in [6.45, 7) is 3.42. The Morgan fingerprint density at radius 3 is 2.54 bits per heavy atom. The van der Waals surface area contributed by atoms with E-state index in [-0.39, 0.29) is 0 Å². The van der Waals surface area contributed by atoms with E-state index in [4.69, 9.17) is 0 Å². The van der Waals surface area contributed by atoms with Crippen molar-refractivity contribution in [3.8, 4) is 0 Å². The fourth-order valence-corrected chi connectivity index (χ4v) is 2.97. The number of hydrogen-bond acceptors (Lipinski definition) is 3. The molecule has 0 amide bonds. The Morgan fingerprint density at radius 2 is 2.00 bits per heavy atom. The van der Waals surface area contributed by atoms with E-state index in [0.717, 1.165) is 12.6 Å². The van der Waals surface area contributed by atoms with Gasteiger partial charge in [-0.15, -0.1) is 0 Å². The monoisotopic (exact) mass is 202 g/mol. The van der Waals surface area contributed by atoms with Crippen LogP contribution in [0.15, 0.2) is 0 Å². The summed E-state index contributed by atoms with van der Waals surface area (Å²) in [5.41, 5.74) is 0. The highest BCUT2D eigenvalue weighted by molar-refractivity contribution is 7.99. The summed E-state index contributed by atoms with van der Waals surface area (Å²) in [6.07, 6.45) is 2.70. The first-order chi connectivity index (χ1) is 6.18. The highest BCUT2D eigenvalue weighted by Gasteiger charge is 2.15. The van der Waals surface area contributed by atoms with E-state index < -0.39 is 0 Å². The topological polar surface area (TPSA) is 15.3 Å². The van der Waals surface area contributed by atoms with Crippen LogP contribution < -0.4 is 5.32 Å². The number of likely N-dealkylation sites (N-methyl/N-ethyl adjacent to an activating group) is 1. The molecule has 1 fully saturated rings. The number of rotatable bonds is 4. The molecule has 1 N–H and O–H groups in total. The molecule has 1 heterocycles. The predicted molar refractivity (Wildman–Crippen MR) is 61.5 cm³/mol. The number of nitrogens with zero attached hydrogens (tertiary/aromatic N) is 1. The first-order valence-corrected chi connectivity index (χ1v) is 6.32. The standard InChI is InChI=1S/C10H22N2S/c1-9(8-12(2)3)11-10-4-6-13-7-5-10/h9-11H,4-8H2,1-3H3. The van der Waals surface area contributed by atoms with Crippen LogP contribution in [-0.2, 0) is 0 Å². The Hall–Kier alpha value is 0.270.